The van der Waals surface area contributed by atoms with Crippen LogP contribution in [0.1, 0.15) is 38.4 Å². The first-order chi connectivity index (χ1) is 15.7. The second-order valence-corrected chi connectivity index (χ2v) is 8.62. The molecule has 10 nitrogen and oxygen atoms in total. The smallest absolute Gasteiger partial charge is 0.263 e. The van der Waals surface area contributed by atoms with Gasteiger partial charge in [-0.2, -0.15) is 20.4 Å². The number of aromatic nitrogens is 6. The fourth-order valence-electron chi connectivity index (χ4n) is 3.51. The molecule has 170 valence electrons. The number of nitrogens with one attached hydrogen (secondary N) is 2. The minimum absolute atomic E-state index is 0.207. The molecule has 0 amide bonds. The summed E-state index contributed by atoms with van der Waals surface area (Å²) in [5.41, 5.74) is 7.42. The molecule has 0 spiro atoms. The average Bonchev–Trinajstić information content (AvgIpc) is 3.33. The molecule has 0 fully saturated rings. The topological polar surface area (TPSA) is 143 Å². The number of nitrogen functional groups attached to an aromatic ring is 1. The van der Waals surface area contributed by atoms with Crippen molar-refractivity contribution >= 4 is 22.8 Å². The molecule has 0 bridgehead atoms. The Balaban J connectivity index is 1.48. The van der Waals surface area contributed by atoms with Crippen molar-refractivity contribution in [3.63, 3.8) is 0 Å². The molecule has 4 N–H and O–H groups in total. The van der Waals surface area contributed by atoms with E-state index < -0.39 is 0 Å². The molecule has 4 rings (SSSR count). The summed E-state index contributed by atoms with van der Waals surface area (Å²) in [6, 6.07) is 7.81. The van der Waals surface area contributed by atoms with E-state index in [2.05, 4.69) is 31.6 Å². The zero-order valence-electron chi connectivity index (χ0n) is 18.6. The number of benzene rings is 1. The third-order valence-corrected chi connectivity index (χ3v) is 5.13. The number of aryl methyl sites for hydroxylation is 1. The molecule has 0 unspecified atom stereocenters. The maximum absolute atomic E-state index is 13.2. The van der Waals surface area contributed by atoms with Crippen LogP contribution in [0.15, 0.2) is 35.3 Å². The normalized spacial score (nSPS) is 11.6. The molecule has 0 radical (unpaired) electrons. The lowest BCUT2D eigenvalue weighted by molar-refractivity contribution is 0.366. The predicted octanol–water partition coefficient (Wildman–Crippen LogP) is 2.70. The molecular formula is C22H24FN9O. The molecule has 0 aliphatic heterocycles. The number of nitrogens with two attached hydrogens (primary N) is 1. The number of nitrogens with zero attached hydrogens (tertiary/aromatic N) is 6. The number of halogens is 1. The molecule has 0 aliphatic carbocycles. The molecule has 3 heterocycles. The molecule has 0 saturated heterocycles. The van der Waals surface area contributed by atoms with Crippen molar-refractivity contribution in [3.05, 3.63) is 57.9 Å². The summed E-state index contributed by atoms with van der Waals surface area (Å²) in [5.74, 6) is 0.181. The fourth-order valence-corrected chi connectivity index (χ4v) is 3.51. The Hall–Kier alpha value is -4.20. The van der Waals surface area contributed by atoms with Gasteiger partial charge in [0.2, 0.25) is 5.95 Å². The van der Waals surface area contributed by atoms with Crippen LogP contribution in [0.5, 0.6) is 0 Å². The van der Waals surface area contributed by atoms with Gasteiger partial charge in [0.05, 0.1) is 23.1 Å². The zero-order chi connectivity index (χ0) is 23.8. The number of hydrogen-bond donors (Lipinski definition) is 3. The van der Waals surface area contributed by atoms with Crippen LogP contribution in [-0.4, -0.2) is 36.1 Å². The van der Waals surface area contributed by atoms with E-state index in [4.69, 9.17) is 5.73 Å². The van der Waals surface area contributed by atoms with Crippen LogP contribution in [0, 0.1) is 17.1 Å². The van der Waals surface area contributed by atoms with E-state index in [1.54, 1.807) is 16.8 Å². The number of H-pyrrole nitrogens is 1. The lowest BCUT2D eigenvalue weighted by Gasteiger charge is -2.19. The number of hydrogen-bond acceptors (Lipinski definition) is 7. The van der Waals surface area contributed by atoms with Gasteiger partial charge in [-0.05, 0) is 57.9 Å². The summed E-state index contributed by atoms with van der Waals surface area (Å²) in [5, 5.41) is 21.8. The van der Waals surface area contributed by atoms with Gasteiger partial charge in [-0.15, -0.1) is 0 Å². The van der Waals surface area contributed by atoms with Gasteiger partial charge in [0.1, 0.15) is 28.7 Å². The number of aromatic amines is 1. The van der Waals surface area contributed by atoms with Crippen LogP contribution >= 0.6 is 0 Å². The minimum Gasteiger partial charge on any atom is -0.382 e. The molecule has 0 aliphatic rings. The Labute approximate surface area is 188 Å². The largest absolute Gasteiger partial charge is 0.382 e. The van der Waals surface area contributed by atoms with E-state index >= 15 is 0 Å². The highest BCUT2D eigenvalue weighted by Gasteiger charge is 2.20. The van der Waals surface area contributed by atoms with Gasteiger partial charge < -0.3 is 11.1 Å². The SMILES string of the molecule is CC(C)(C)n1ncc2c(=O)[nH]c(NCCCc3nn(-c4ccc(F)cc4)c(N)c3C#N)nc21. The highest BCUT2D eigenvalue weighted by molar-refractivity contribution is 5.74. The van der Waals surface area contributed by atoms with E-state index in [9.17, 15) is 14.4 Å². The van der Waals surface area contributed by atoms with Crippen molar-refractivity contribution in [2.45, 2.75) is 39.2 Å². The lowest BCUT2D eigenvalue weighted by atomic mass is 10.1. The standard InChI is InChI=1S/C22H24FN9O/c1-22(2,3)32-19-16(12-27-32)20(33)29-21(28-19)26-10-4-5-17-15(11-24)18(25)31(30-17)14-8-6-13(23)7-9-14/h6-9,12H,4-5,10,25H2,1-3H3,(H2,26,28,29,33). The Bertz CT molecular complexity index is 1400. The minimum atomic E-state index is -0.369. The first kappa shape index (κ1) is 22.0. The summed E-state index contributed by atoms with van der Waals surface area (Å²) in [4.78, 5) is 19.6. The molecular weight excluding hydrogens is 425 g/mol. The van der Waals surface area contributed by atoms with Gasteiger partial charge in [0.25, 0.3) is 5.56 Å². The Morgan fingerprint density at radius 1 is 1.27 bits per heavy atom. The monoisotopic (exact) mass is 449 g/mol. The Morgan fingerprint density at radius 3 is 2.67 bits per heavy atom. The van der Waals surface area contributed by atoms with Crippen molar-refractivity contribution in [3.8, 4) is 11.8 Å². The lowest BCUT2D eigenvalue weighted by Crippen LogP contribution is -2.24. The number of rotatable bonds is 6. The van der Waals surface area contributed by atoms with E-state index in [1.807, 2.05) is 20.8 Å². The predicted molar refractivity (Wildman–Crippen MR) is 123 cm³/mol. The molecule has 33 heavy (non-hydrogen) atoms. The molecule has 4 aromatic rings. The Kier molecular flexibility index (Phi) is 5.59. The van der Waals surface area contributed by atoms with Gasteiger partial charge in [-0.25, -0.2) is 13.8 Å². The van der Waals surface area contributed by atoms with E-state index in [1.165, 1.54) is 23.0 Å². The van der Waals surface area contributed by atoms with E-state index in [0.29, 0.717) is 53.3 Å². The molecule has 11 heteroatoms. The summed E-state index contributed by atoms with van der Waals surface area (Å²) in [7, 11) is 0. The third kappa shape index (κ3) is 4.27. The van der Waals surface area contributed by atoms with Crippen LogP contribution in [0.3, 0.4) is 0 Å². The molecule has 3 aromatic heterocycles. The molecule has 0 saturated carbocycles. The first-order valence-electron chi connectivity index (χ1n) is 10.4. The highest BCUT2D eigenvalue weighted by Crippen LogP contribution is 2.22. The van der Waals surface area contributed by atoms with Crippen LogP contribution < -0.4 is 16.6 Å². The fraction of sp³-hybridized carbons (Fsp3) is 0.318. The summed E-state index contributed by atoms with van der Waals surface area (Å²) in [6.45, 7) is 6.43. The van der Waals surface area contributed by atoms with Gasteiger partial charge in [-0.3, -0.25) is 9.78 Å². The average molecular weight is 449 g/mol. The van der Waals surface area contributed by atoms with Crippen LogP contribution in [-0.2, 0) is 12.0 Å². The van der Waals surface area contributed by atoms with E-state index in [-0.39, 0.29) is 22.7 Å². The highest BCUT2D eigenvalue weighted by atomic mass is 19.1. The van der Waals surface area contributed by atoms with Crippen LogP contribution in [0.2, 0.25) is 0 Å². The van der Waals surface area contributed by atoms with Gasteiger partial charge in [0.15, 0.2) is 5.65 Å². The van der Waals surface area contributed by atoms with Crippen molar-refractivity contribution in [1.29, 1.82) is 5.26 Å². The Morgan fingerprint density at radius 2 is 2.00 bits per heavy atom. The van der Waals surface area contributed by atoms with Crippen molar-refractivity contribution in [1.82, 2.24) is 29.5 Å². The van der Waals surface area contributed by atoms with Gasteiger partial charge >= 0.3 is 0 Å². The van der Waals surface area contributed by atoms with Crippen molar-refractivity contribution in [2.24, 2.45) is 0 Å². The first-order valence-corrected chi connectivity index (χ1v) is 10.4. The van der Waals surface area contributed by atoms with Crippen molar-refractivity contribution < 1.29 is 4.39 Å². The third-order valence-electron chi connectivity index (χ3n) is 5.13. The summed E-state index contributed by atoms with van der Waals surface area (Å²) >= 11 is 0. The summed E-state index contributed by atoms with van der Waals surface area (Å²) < 4.78 is 16.4. The van der Waals surface area contributed by atoms with Gasteiger partial charge in [0, 0.05) is 6.54 Å². The summed E-state index contributed by atoms with van der Waals surface area (Å²) in [6.07, 6.45) is 2.59. The van der Waals surface area contributed by atoms with Crippen LogP contribution in [0.25, 0.3) is 16.7 Å². The second-order valence-electron chi connectivity index (χ2n) is 8.62. The number of fused-ring (bicyclic) bond motifs is 1. The maximum Gasteiger partial charge on any atom is 0.263 e. The molecule has 0 atom stereocenters. The zero-order valence-corrected chi connectivity index (χ0v) is 18.6. The van der Waals surface area contributed by atoms with Crippen molar-refractivity contribution in [2.75, 3.05) is 17.6 Å². The second kappa shape index (κ2) is 8.38. The maximum atomic E-state index is 13.2. The van der Waals surface area contributed by atoms with Crippen LogP contribution in [0.4, 0.5) is 16.2 Å². The quantitative estimate of drug-likeness (QED) is 0.384. The van der Waals surface area contributed by atoms with E-state index in [0.717, 1.165) is 0 Å². The van der Waals surface area contributed by atoms with Gasteiger partial charge in [-0.1, -0.05) is 0 Å². The molecule has 1 aromatic carbocycles. The number of anilines is 2. The number of nitriles is 1.